The van der Waals surface area contributed by atoms with E-state index < -0.39 is 0 Å². The van der Waals surface area contributed by atoms with Gasteiger partial charge in [0, 0.05) is 24.0 Å². The van der Waals surface area contributed by atoms with E-state index in [1.165, 1.54) is 5.56 Å². The summed E-state index contributed by atoms with van der Waals surface area (Å²) >= 11 is 12.6. The second-order valence-corrected chi connectivity index (χ2v) is 6.11. The van der Waals surface area contributed by atoms with Crippen molar-refractivity contribution in [1.82, 2.24) is 9.88 Å². The molecule has 0 radical (unpaired) electrons. The van der Waals surface area contributed by atoms with Gasteiger partial charge in [0.05, 0.1) is 22.2 Å². The molecule has 1 N–H and O–H groups in total. The van der Waals surface area contributed by atoms with Gasteiger partial charge in [-0.2, -0.15) is 0 Å². The second-order valence-electron chi connectivity index (χ2n) is 5.32. The molecule has 6 heteroatoms. The maximum absolute atomic E-state index is 12.0. The molecule has 2 heterocycles. The quantitative estimate of drug-likeness (QED) is 0.872. The van der Waals surface area contributed by atoms with Crippen LogP contribution in [0.5, 0.6) is 0 Å². The molecule has 4 nitrogen and oxygen atoms in total. The Morgan fingerprint density at radius 1 is 1.32 bits per heavy atom. The molecule has 22 heavy (non-hydrogen) atoms. The van der Waals surface area contributed by atoms with Gasteiger partial charge in [-0.15, -0.1) is 0 Å². The zero-order chi connectivity index (χ0) is 15.7. The van der Waals surface area contributed by atoms with Crippen LogP contribution in [0.2, 0.25) is 10.0 Å². The van der Waals surface area contributed by atoms with Crippen LogP contribution in [0, 0.1) is 0 Å². The van der Waals surface area contributed by atoms with Crippen LogP contribution in [0.25, 0.3) is 10.9 Å². The molecule has 0 atom stereocenters. The van der Waals surface area contributed by atoms with Gasteiger partial charge in [-0.1, -0.05) is 23.2 Å². The van der Waals surface area contributed by atoms with Crippen LogP contribution < -0.4 is 5.32 Å². The highest BCUT2D eigenvalue weighted by Crippen LogP contribution is 2.37. The fourth-order valence-electron chi connectivity index (χ4n) is 3.12. The van der Waals surface area contributed by atoms with E-state index in [1.807, 2.05) is 17.6 Å². The lowest BCUT2D eigenvalue weighted by Crippen LogP contribution is -2.19. The van der Waals surface area contributed by atoms with E-state index >= 15 is 0 Å². The van der Waals surface area contributed by atoms with Gasteiger partial charge in [-0.3, -0.25) is 4.79 Å². The Labute approximate surface area is 139 Å². The largest absolute Gasteiger partial charge is 0.465 e. The van der Waals surface area contributed by atoms with Gasteiger partial charge in [-0.05, 0) is 37.6 Å². The van der Waals surface area contributed by atoms with Gasteiger partial charge in [-0.25, -0.2) is 0 Å². The molecule has 0 amide bonds. The zero-order valence-electron chi connectivity index (χ0n) is 12.4. The summed E-state index contributed by atoms with van der Waals surface area (Å²) in [5.41, 5.74) is 3.29. The zero-order valence-corrected chi connectivity index (χ0v) is 13.9. The number of hydrogen-bond donors (Lipinski definition) is 1. The van der Waals surface area contributed by atoms with Crippen LogP contribution in [-0.2, 0) is 28.9 Å². The molecule has 0 saturated heterocycles. The highest BCUT2D eigenvalue weighted by molar-refractivity contribution is 6.45. The molecule has 0 saturated carbocycles. The summed E-state index contributed by atoms with van der Waals surface area (Å²) in [6.07, 6.45) is 1.74. The number of nitrogens with zero attached hydrogens (tertiary/aromatic N) is 1. The summed E-state index contributed by atoms with van der Waals surface area (Å²) in [4.78, 5) is 12.0. The van der Waals surface area contributed by atoms with Crippen LogP contribution in [0.1, 0.15) is 18.2 Å². The van der Waals surface area contributed by atoms with E-state index in [9.17, 15) is 4.79 Å². The number of esters is 1. The third kappa shape index (κ3) is 2.71. The monoisotopic (exact) mass is 340 g/mol. The van der Waals surface area contributed by atoms with Crippen LogP contribution in [0.3, 0.4) is 0 Å². The first-order valence-electron chi connectivity index (χ1n) is 7.47. The number of fused-ring (bicyclic) bond motifs is 3. The van der Waals surface area contributed by atoms with Crippen molar-refractivity contribution in [3.05, 3.63) is 33.4 Å². The summed E-state index contributed by atoms with van der Waals surface area (Å²) in [7, 11) is 0. The standard InChI is InChI=1S/C16H18Cl2N2O2/c1-2-22-14(21)9-20-12-6-8-19-7-5-10(12)15-13(20)4-3-11(17)16(15)18/h3-4,19H,2,5-9H2,1H3. The van der Waals surface area contributed by atoms with Gasteiger partial charge >= 0.3 is 5.97 Å². The van der Waals surface area contributed by atoms with Crippen LogP contribution in [0.15, 0.2) is 12.1 Å². The van der Waals surface area contributed by atoms with E-state index in [2.05, 4.69) is 5.32 Å². The maximum Gasteiger partial charge on any atom is 0.325 e. The van der Waals surface area contributed by atoms with Crippen LogP contribution >= 0.6 is 23.2 Å². The molecule has 0 bridgehead atoms. The van der Waals surface area contributed by atoms with Crippen molar-refractivity contribution < 1.29 is 9.53 Å². The lowest BCUT2D eigenvalue weighted by Gasteiger charge is -2.10. The summed E-state index contributed by atoms with van der Waals surface area (Å²) in [5.74, 6) is -0.231. The third-order valence-corrected chi connectivity index (χ3v) is 4.83. The first kappa shape index (κ1) is 15.7. The second kappa shape index (κ2) is 6.49. The minimum absolute atomic E-state index is 0.206. The van der Waals surface area contributed by atoms with Gasteiger partial charge < -0.3 is 14.6 Å². The molecule has 1 aromatic heterocycles. The number of ether oxygens (including phenoxy) is 1. The van der Waals surface area contributed by atoms with Crippen molar-refractivity contribution in [2.45, 2.75) is 26.3 Å². The first-order chi connectivity index (χ1) is 10.6. The van der Waals surface area contributed by atoms with Crippen LogP contribution in [0.4, 0.5) is 0 Å². The average molecular weight is 341 g/mol. The van der Waals surface area contributed by atoms with E-state index in [4.69, 9.17) is 27.9 Å². The molecule has 0 spiro atoms. The molecule has 1 aliphatic rings. The minimum atomic E-state index is -0.231. The lowest BCUT2D eigenvalue weighted by molar-refractivity contribution is -0.143. The topological polar surface area (TPSA) is 43.3 Å². The molecule has 118 valence electrons. The molecule has 0 fully saturated rings. The Bertz CT molecular complexity index is 725. The van der Waals surface area contributed by atoms with Gasteiger partial charge in [0.25, 0.3) is 0 Å². The van der Waals surface area contributed by atoms with Gasteiger partial charge in [0.1, 0.15) is 6.54 Å². The Morgan fingerprint density at radius 2 is 2.09 bits per heavy atom. The maximum atomic E-state index is 12.0. The highest BCUT2D eigenvalue weighted by Gasteiger charge is 2.23. The SMILES string of the molecule is CCOC(=O)Cn1c2c(c3c(Cl)c(Cl)ccc31)CCNCC2. The van der Waals surface area contributed by atoms with Crippen molar-refractivity contribution in [2.24, 2.45) is 0 Å². The van der Waals surface area contributed by atoms with Crippen LogP contribution in [-0.4, -0.2) is 30.2 Å². The fraction of sp³-hybridized carbons (Fsp3) is 0.438. The number of hydrogen-bond acceptors (Lipinski definition) is 3. The summed E-state index contributed by atoms with van der Waals surface area (Å²) in [6.45, 7) is 4.19. The van der Waals surface area contributed by atoms with Gasteiger partial charge in [0.15, 0.2) is 0 Å². The smallest absolute Gasteiger partial charge is 0.325 e. The Hall–Kier alpha value is -1.23. The van der Waals surface area contributed by atoms with E-state index in [0.717, 1.165) is 42.5 Å². The van der Waals surface area contributed by atoms with Gasteiger partial charge in [0.2, 0.25) is 0 Å². The molecule has 0 unspecified atom stereocenters. The molecule has 0 aliphatic carbocycles. The number of carbonyl (C=O) groups excluding carboxylic acids is 1. The number of rotatable bonds is 3. The van der Waals surface area contributed by atoms with Crippen molar-refractivity contribution in [1.29, 1.82) is 0 Å². The Kier molecular flexibility index (Phi) is 4.62. The van der Waals surface area contributed by atoms with Crippen molar-refractivity contribution in [3.63, 3.8) is 0 Å². The van der Waals surface area contributed by atoms with Crippen molar-refractivity contribution >= 4 is 40.1 Å². The number of nitrogens with one attached hydrogen (secondary N) is 1. The summed E-state index contributed by atoms with van der Waals surface area (Å²) in [6, 6.07) is 3.72. The molecular weight excluding hydrogens is 323 g/mol. The fourth-order valence-corrected chi connectivity index (χ4v) is 3.55. The van der Waals surface area contributed by atoms with Crippen molar-refractivity contribution in [2.75, 3.05) is 19.7 Å². The number of halogens is 2. The van der Waals surface area contributed by atoms with E-state index in [0.29, 0.717) is 16.7 Å². The molecule has 2 aromatic rings. The molecule has 3 rings (SSSR count). The first-order valence-corrected chi connectivity index (χ1v) is 8.23. The number of carbonyl (C=O) groups is 1. The summed E-state index contributed by atoms with van der Waals surface area (Å²) in [5, 5.41) is 5.46. The lowest BCUT2D eigenvalue weighted by atomic mass is 10.1. The average Bonchev–Trinajstić information content (AvgIpc) is 2.65. The normalized spacial score (nSPS) is 14.7. The Balaban J connectivity index is 2.19. The van der Waals surface area contributed by atoms with Crippen molar-refractivity contribution in [3.8, 4) is 0 Å². The summed E-state index contributed by atoms with van der Waals surface area (Å²) < 4.78 is 7.13. The molecular formula is C16H18Cl2N2O2. The predicted molar refractivity (Wildman–Crippen MR) is 88.9 cm³/mol. The van der Waals surface area contributed by atoms with E-state index in [-0.39, 0.29) is 12.5 Å². The molecule has 1 aliphatic heterocycles. The Morgan fingerprint density at radius 3 is 2.86 bits per heavy atom. The highest BCUT2D eigenvalue weighted by atomic mass is 35.5. The third-order valence-electron chi connectivity index (χ3n) is 4.02. The van der Waals surface area contributed by atoms with E-state index in [1.54, 1.807) is 6.07 Å². The number of benzene rings is 1. The minimum Gasteiger partial charge on any atom is -0.465 e. The molecule has 1 aromatic carbocycles. The predicted octanol–water partition coefficient (Wildman–Crippen LogP) is 3.20. The number of aromatic nitrogens is 1.